The average molecular weight is 849 g/mol. The van der Waals surface area contributed by atoms with Crippen LogP contribution in [0.25, 0.3) is 0 Å². The van der Waals surface area contributed by atoms with Gasteiger partial charge in [0.1, 0.15) is 5.75 Å². The molecule has 0 aliphatic carbocycles. The summed E-state index contributed by atoms with van der Waals surface area (Å²) in [5.41, 5.74) is 3.40. The molecule has 0 spiro atoms. The summed E-state index contributed by atoms with van der Waals surface area (Å²) in [6.07, 6.45) is 5.17. The molecule has 1 saturated heterocycles. The smallest absolute Gasteiger partial charge is 0.192 e. The molecule has 0 radical (unpaired) electrons. The van der Waals surface area contributed by atoms with Crippen molar-refractivity contribution in [1.29, 1.82) is 0 Å². The maximum Gasteiger partial charge on any atom is 0.192 e. The Kier molecular flexibility index (Phi) is 18.9. The fraction of sp³-hybridized carbons (Fsp3) is 0.640. The van der Waals surface area contributed by atoms with E-state index in [4.69, 9.17) is 32.5 Å². The molecular formula is C50H80O7Si2. The van der Waals surface area contributed by atoms with Crippen LogP contribution in [0, 0.1) is 11.8 Å². The lowest BCUT2D eigenvalue weighted by atomic mass is 9.88. The molecule has 1 aliphatic rings. The van der Waals surface area contributed by atoms with Gasteiger partial charge in [-0.2, -0.15) is 0 Å². The van der Waals surface area contributed by atoms with Crippen LogP contribution in [0.1, 0.15) is 117 Å². The summed E-state index contributed by atoms with van der Waals surface area (Å²) < 4.78 is 46.0. The van der Waals surface area contributed by atoms with Gasteiger partial charge >= 0.3 is 0 Å². The molecule has 0 unspecified atom stereocenters. The van der Waals surface area contributed by atoms with Crippen molar-refractivity contribution >= 4 is 16.6 Å². The zero-order chi connectivity index (χ0) is 43.3. The van der Waals surface area contributed by atoms with E-state index in [1.807, 2.05) is 24.3 Å². The Hall–Kier alpha value is -2.35. The van der Waals surface area contributed by atoms with Crippen LogP contribution in [0.5, 0.6) is 5.75 Å². The van der Waals surface area contributed by atoms with Crippen LogP contribution >= 0.6 is 0 Å². The van der Waals surface area contributed by atoms with E-state index >= 15 is 0 Å². The summed E-state index contributed by atoms with van der Waals surface area (Å²) in [5, 5.41) is 0.231. The molecule has 4 rings (SSSR count). The predicted octanol–water partition coefficient (Wildman–Crippen LogP) is 13.3. The molecule has 1 heterocycles. The van der Waals surface area contributed by atoms with Crippen LogP contribution < -0.4 is 4.74 Å². The summed E-state index contributed by atoms with van der Waals surface area (Å²) in [6, 6.07) is 29.0. The first-order chi connectivity index (χ1) is 27.8. The number of benzene rings is 3. The van der Waals surface area contributed by atoms with Crippen molar-refractivity contribution < 1.29 is 32.5 Å². The highest BCUT2D eigenvalue weighted by Crippen LogP contribution is 2.41. The molecule has 0 saturated carbocycles. The van der Waals surface area contributed by atoms with Crippen molar-refractivity contribution in [1.82, 2.24) is 0 Å². The van der Waals surface area contributed by atoms with E-state index in [9.17, 15) is 0 Å². The summed E-state index contributed by atoms with van der Waals surface area (Å²) in [6.45, 7) is 30.6. The zero-order valence-electron chi connectivity index (χ0n) is 39.1. The molecule has 0 N–H and O–H groups in total. The Balaban J connectivity index is 1.49. The first-order valence-corrected chi connectivity index (χ1v) is 28.1. The van der Waals surface area contributed by atoms with E-state index in [0.29, 0.717) is 26.4 Å². The molecule has 59 heavy (non-hydrogen) atoms. The van der Waals surface area contributed by atoms with Gasteiger partial charge in [-0.15, -0.1) is 0 Å². The Bertz CT molecular complexity index is 1600. The summed E-state index contributed by atoms with van der Waals surface area (Å²) in [7, 11) is -2.34. The van der Waals surface area contributed by atoms with Crippen molar-refractivity contribution in [3.8, 4) is 5.75 Å². The zero-order valence-corrected chi connectivity index (χ0v) is 41.1. The summed E-state index contributed by atoms with van der Waals surface area (Å²) in [4.78, 5) is 0. The number of methoxy groups -OCH3 is 1. The standard InChI is InChI=1S/C50H80O7Si2/c1-38(47(39(2)35-54-58(10,11)49(3,4)5)53-37-41-27-30-43(51-9)31-28-41)26-29-45(57-59(12,13)50(6,7)8)34-46-33-44(55-48(56-46)42-23-18-15-19-24-42)25-20-32-52-36-40-21-16-14-17-22-40/h14-19,21-24,27-28,30-31,38-39,44-48H,20,25-26,29,32-37H2,1-13H3/t38-,39-,44+,45+,46+,47+,48+/m1/s1. The van der Waals surface area contributed by atoms with Crippen molar-refractivity contribution in [2.75, 3.05) is 20.3 Å². The molecule has 7 atom stereocenters. The van der Waals surface area contributed by atoms with E-state index in [2.05, 4.69) is 142 Å². The number of hydrogen-bond donors (Lipinski definition) is 0. The van der Waals surface area contributed by atoms with Gasteiger partial charge in [-0.25, -0.2) is 0 Å². The van der Waals surface area contributed by atoms with E-state index in [1.165, 1.54) is 5.56 Å². The van der Waals surface area contributed by atoms with Gasteiger partial charge in [0.25, 0.3) is 0 Å². The molecule has 0 amide bonds. The minimum Gasteiger partial charge on any atom is -0.497 e. The van der Waals surface area contributed by atoms with Crippen molar-refractivity contribution in [2.45, 2.75) is 174 Å². The normalized spacial score (nSPS) is 20.2. The van der Waals surface area contributed by atoms with Gasteiger partial charge in [0.2, 0.25) is 0 Å². The van der Waals surface area contributed by atoms with Gasteiger partial charge in [-0.05, 0) is 97.5 Å². The van der Waals surface area contributed by atoms with Gasteiger partial charge in [0.15, 0.2) is 22.9 Å². The Labute approximate surface area is 361 Å². The molecule has 3 aromatic rings. The van der Waals surface area contributed by atoms with Crippen molar-refractivity contribution in [3.05, 3.63) is 102 Å². The maximum absolute atomic E-state index is 7.33. The molecule has 9 heteroatoms. The van der Waals surface area contributed by atoms with Gasteiger partial charge in [0.05, 0.1) is 38.6 Å². The Morgan fingerprint density at radius 1 is 0.695 bits per heavy atom. The first kappa shape index (κ1) is 49.3. The Morgan fingerprint density at radius 2 is 1.29 bits per heavy atom. The largest absolute Gasteiger partial charge is 0.497 e. The maximum atomic E-state index is 7.33. The van der Waals surface area contributed by atoms with Crippen LogP contribution in [0.15, 0.2) is 84.9 Å². The minimum atomic E-state index is -2.11. The highest BCUT2D eigenvalue weighted by atomic mass is 28.4. The third-order valence-corrected chi connectivity index (χ3v) is 22.2. The van der Waals surface area contributed by atoms with Crippen molar-refractivity contribution in [2.24, 2.45) is 11.8 Å². The summed E-state index contributed by atoms with van der Waals surface area (Å²) >= 11 is 0. The predicted molar refractivity (Wildman–Crippen MR) is 248 cm³/mol. The molecule has 0 bridgehead atoms. The van der Waals surface area contributed by atoms with Gasteiger partial charge < -0.3 is 32.5 Å². The van der Waals surface area contributed by atoms with Crippen LogP contribution in [0.2, 0.25) is 36.3 Å². The number of hydrogen-bond acceptors (Lipinski definition) is 7. The summed E-state index contributed by atoms with van der Waals surface area (Å²) in [5.74, 6) is 1.36. The third kappa shape index (κ3) is 15.8. The topological polar surface area (TPSA) is 64.6 Å². The number of rotatable bonds is 23. The molecule has 7 nitrogen and oxygen atoms in total. The SMILES string of the molecule is COc1ccc(CO[C@@H]([C@H](C)CC[C@@H](C[C@@H]2C[C@H](CCCOCc3ccccc3)O[C@H](c3ccccc3)O2)O[Si](C)(C)C(C)(C)C)[C@H](C)CO[Si](C)(C)C(C)(C)C)cc1. The fourth-order valence-electron chi connectivity index (χ4n) is 7.25. The monoisotopic (exact) mass is 849 g/mol. The van der Waals surface area contributed by atoms with Crippen LogP contribution in [0.4, 0.5) is 0 Å². The van der Waals surface area contributed by atoms with E-state index in [-0.39, 0.29) is 46.3 Å². The molecule has 1 aliphatic heterocycles. The second kappa shape index (κ2) is 22.7. The molecule has 0 aromatic heterocycles. The van der Waals surface area contributed by atoms with Crippen molar-refractivity contribution in [3.63, 3.8) is 0 Å². The van der Waals surface area contributed by atoms with Gasteiger partial charge in [-0.1, -0.05) is 128 Å². The van der Waals surface area contributed by atoms with E-state index in [1.54, 1.807) is 7.11 Å². The first-order valence-electron chi connectivity index (χ1n) is 22.3. The average Bonchev–Trinajstić information content (AvgIpc) is 3.19. The lowest BCUT2D eigenvalue weighted by Gasteiger charge is -2.42. The van der Waals surface area contributed by atoms with Crippen LogP contribution in [-0.2, 0) is 41.0 Å². The van der Waals surface area contributed by atoms with Gasteiger partial charge in [-0.3, -0.25) is 0 Å². The molecule has 1 fully saturated rings. The molecule has 3 aromatic carbocycles. The lowest BCUT2D eigenvalue weighted by Crippen LogP contribution is -2.46. The minimum absolute atomic E-state index is 0.00768. The van der Waals surface area contributed by atoms with Gasteiger partial charge in [0, 0.05) is 37.2 Å². The van der Waals surface area contributed by atoms with Crippen LogP contribution in [0.3, 0.4) is 0 Å². The fourth-order valence-corrected chi connectivity index (χ4v) is 9.76. The second-order valence-electron chi connectivity index (χ2n) is 20.1. The quantitative estimate of drug-likeness (QED) is 0.0695. The van der Waals surface area contributed by atoms with E-state index < -0.39 is 22.9 Å². The third-order valence-electron chi connectivity index (χ3n) is 13.1. The number of ether oxygens (including phenoxy) is 5. The lowest BCUT2D eigenvalue weighted by molar-refractivity contribution is -0.253. The molecular weight excluding hydrogens is 769 g/mol. The second-order valence-corrected chi connectivity index (χ2v) is 29.7. The molecule has 330 valence electrons. The Morgan fingerprint density at radius 3 is 1.90 bits per heavy atom. The van der Waals surface area contributed by atoms with E-state index in [0.717, 1.165) is 55.4 Å². The highest BCUT2D eigenvalue weighted by molar-refractivity contribution is 6.74. The van der Waals surface area contributed by atoms with Crippen LogP contribution in [-0.4, -0.2) is 61.4 Å². The highest BCUT2D eigenvalue weighted by Gasteiger charge is 2.42.